The highest BCUT2D eigenvalue weighted by Gasteiger charge is 1.95. The molecule has 56 valence electrons. The van der Waals surface area contributed by atoms with E-state index in [0.29, 0.717) is 6.61 Å². The summed E-state index contributed by atoms with van der Waals surface area (Å²) in [6.07, 6.45) is 0. The maximum atomic E-state index is 4.89. The summed E-state index contributed by atoms with van der Waals surface area (Å²) in [4.78, 5) is 0. The fourth-order valence-electron chi connectivity index (χ4n) is 0.719. The van der Waals surface area contributed by atoms with Crippen LogP contribution in [0.1, 0.15) is 5.69 Å². The first-order chi connectivity index (χ1) is 4.86. The van der Waals surface area contributed by atoms with Crippen molar-refractivity contribution in [1.29, 1.82) is 0 Å². The van der Waals surface area contributed by atoms with Crippen molar-refractivity contribution in [2.24, 2.45) is 0 Å². The van der Waals surface area contributed by atoms with E-state index in [9.17, 15) is 0 Å². The highest BCUT2D eigenvalue weighted by molar-refractivity contribution is 5.33. The minimum Gasteiger partial charge on any atom is -0.378 e. The standard InChI is InChI=1S/C6H11N3O/c1-7-6-3-5(4-10-2)8-9-6/h3H,4H2,1-2H3,(H2,7,8,9). The molecular weight excluding hydrogens is 130 g/mol. The lowest BCUT2D eigenvalue weighted by Gasteiger charge is -1.89. The molecule has 0 saturated heterocycles. The Bertz CT molecular complexity index is 197. The van der Waals surface area contributed by atoms with E-state index in [2.05, 4.69) is 15.5 Å². The van der Waals surface area contributed by atoms with Crippen LogP contribution in [0.3, 0.4) is 0 Å². The van der Waals surface area contributed by atoms with Gasteiger partial charge in [-0.1, -0.05) is 0 Å². The summed E-state index contributed by atoms with van der Waals surface area (Å²) in [5.74, 6) is 0.840. The monoisotopic (exact) mass is 141 g/mol. The van der Waals surface area contributed by atoms with Gasteiger partial charge in [0.2, 0.25) is 0 Å². The number of anilines is 1. The Balaban J connectivity index is 2.59. The van der Waals surface area contributed by atoms with E-state index in [1.54, 1.807) is 7.11 Å². The number of nitrogens with one attached hydrogen (secondary N) is 2. The maximum Gasteiger partial charge on any atom is 0.147 e. The van der Waals surface area contributed by atoms with Crippen LogP contribution in [0.25, 0.3) is 0 Å². The molecule has 0 saturated carbocycles. The second-order valence-corrected chi connectivity index (χ2v) is 1.96. The molecule has 10 heavy (non-hydrogen) atoms. The van der Waals surface area contributed by atoms with Crippen LogP contribution in [-0.2, 0) is 11.3 Å². The summed E-state index contributed by atoms with van der Waals surface area (Å²) in [5, 5.41) is 9.67. The summed E-state index contributed by atoms with van der Waals surface area (Å²) in [6.45, 7) is 0.578. The van der Waals surface area contributed by atoms with Gasteiger partial charge in [0.25, 0.3) is 0 Å². The van der Waals surface area contributed by atoms with E-state index >= 15 is 0 Å². The Hall–Kier alpha value is -1.03. The lowest BCUT2D eigenvalue weighted by atomic mass is 10.4. The SMILES string of the molecule is CNc1cc(COC)[nH]n1. The van der Waals surface area contributed by atoms with Crippen molar-refractivity contribution in [2.45, 2.75) is 6.61 Å². The van der Waals surface area contributed by atoms with Crippen LogP contribution >= 0.6 is 0 Å². The quantitative estimate of drug-likeness (QED) is 0.648. The molecular formula is C6H11N3O. The molecule has 4 heteroatoms. The van der Waals surface area contributed by atoms with Gasteiger partial charge < -0.3 is 10.1 Å². The zero-order chi connectivity index (χ0) is 7.40. The number of H-pyrrole nitrogens is 1. The fraction of sp³-hybridized carbons (Fsp3) is 0.500. The number of nitrogens with zero attached hydrogens (tertiary/aromatic N) is 1. The average Bonchev–Trinajstić information content (AvgIpc) is 2.37. The van der Waals surface area contributed by atoms with Gasteiger partial charge in [-0.05, 0) is 0 Å². The number of methoxy groups -OCH3 is 1. The summed E-state index contributed by atoms with van der Waals surface area (Å²) in [6, 6.07) is 1.91. The summed E-state index contributed by atoms with van der Waals surface area (Å²) < 4.78 is 4.89. The number of hydrogen-bond acceptors (Lipinski definition) is 3. The van der Waals surface area contributed by atoms with Crippen molar-refractivity contribution in [2.75, 3.05) is 19.5 Å². The molecule has 0 unspecified atom stereocenters. The lowest BCUT2D eigenvalue weighted by Crippen LogP contribution is -1.85. The van der Waals surface area contributed by atoms with Crippen molar-refractivity contribution < 1.29 is 4.74 Å². The Kier molecular flexibility index (Phi) is 2.28. The smallest absolute Gasteiger partial charge is 0.147 e. The Morgan fingerprint density at radius 3 is 3.10 bits per heavy atom. The molecule has 2 N–H and O–H groups in total. The van der Waals surface area contributed by atoms with Gasteiger partial charge in [-0.3, -0.25) is 5.10 Å². The van der Waals surface area contributed by atoms with Gasteiger partial charge in [0.15, 0.2) is 0 Å². The van der Waals surface area contributed by atoms with Crippen molar-refractivity contribution >= 4 is 5.82 Å². The van der Waals surface area contributed by atoms with Crippen molar-refractivity contribution in [1.82, 2.24) is 10.2 Å². The molecule has 0 radical (unpaired) electrons. The molecule has 0 aromatic carbocycles. The molecule has 0 fully saturated rings. The van der Waals surface area contributed by atoms with E-state index in [4.69, 9.17) is 4.74 Å². The van der Waals surface area contributed by atoms with E-state index in [1.165, 1.54) is 0 Å². The molecule has 0 bridgehead atoms. The lowest BCUT2D eigenvalue weighted by molar-refractivity contribution is 0.181. The summed E-state index contributed by atoms with van der Waals surface area (Å²) in [7, 11) is 3.48. The van der Waals surface area contributed by atoms with E-state index in [0.717, 1.165) is 11.5 Å². The van der Waals surface area contributed by atoms with Crippen molar-refractivity contribution in [3.63, 3.8) is 0 Å². The molecule has 0 aliphatic rings. The number of hydrogen-bond donors (Lipinski definition) is 2. The minimum atomic E-state index is 0.578. The Morgan fingerprint density at radius 1 is 1.80 bits per heavy atom. The normalized spacial score (nSPS) is 9.80. The predicted octanol–water partition coefficient (Wildman–Crippen LogP) is 0.598. The molecule has 1 aromatic heterocycles. The summed E-state index contributed by atoms with van der Waals surface area (Å²) >= 11 is 0. The first-order valence-electron chi connectivity index (χ1n) is 3.08. The molecule has 0 spiro atoms. The first-order valence-corrected chi connectivity index (χ1v) is 3.08. The van der Waals surface area contributed by atoms with Gasteiger partial charge >= 0.3 is 0 Å². The fourth-order valence-corrected chi connectivity index (χ4v) is 0.719. The van der Waals surface area contributed by atoms with Crippen LogP contribution < -0.4 is 5.32 Å². The summed E-state index contributed by atoms with van der Waals surface area (Å²) in [5.41, 5.74) is 0.979. The highest BCUT2D eigenvalue weighted by Crippen LogP contribution is 2.03. The van der Waals surface area contributed by atoms with Crippen LogP contribution in [0.5, 0.6) is 0 Å². The molecule has 0 aliphatic carbocycles. The van der Waals surface area contributed by atoms with Crippen LogP contribution in [0, 0.1) is 0 Å². The van der Waals surface area contributed by atoms with Crippen LogP contribution in [0.15, 0.2) is 6.07 Å². The molecule has 0 amide bonds. The molecule has 0 aliphatic heterocycles. The number of aromatic amines is 1. The van der Waals surface area contributed by atoms with Gasteiger partial charge in [0.1, 0.15) is 5.82 Å². The molecule has 4 nitrogen and oxygen atoms in total. The van der Waals surface area contributed by atoms with Crippen molar-refractivity contribution in [3.8, 4) is 0 Å². The second kappa shape index (κ2) is 3.22. The maximum absolute atomic E-state index is 4.89. The predicted molar refractivity (Wildman–Crippen MR) is 38.8 cm³/mol. The Labute approximate surface area is 59.6 Å². The second-order valence-electron chi connectivity index (χ2n) is 1.96. The van der Waals surface area contributed by atoms with E-state index < -0.39 is 0 Å². The zero-order valence-corrected chi connectivity index (χ0v) is 6.14. The third kappa shape index (κ3) is 1.48. The first kappa shape index (κ1) is 7.08. The van der Waals surface area contributed by atoms with Crippen LogP contribution in [-0.4, -0.2) is 24.4 Å². The third-order valence-electron chi connectivity index (χ3n) is 1.19. The number of rotatable bonds is 3. The zero-order valence-electron chi connectivity index (χ0n) is 6.14. The highest BCUT2D eigenvalue weighted by atomic mass is 16.5. The Morgan fingerprint density at radius 2 is 2.60 bits per heavy atom. The molecule has 1 heterocycles. The molecule has 1 aromatic rings. The topological polar surface area (TPSA) is 49.9 Å². The van der Waals surface area contributed by atoms with Crippen LogP contribution in [0.4, 0.5) is 5.82 Å². The van der Waals surface area contributed by atoms with Gasteiger partial charge in [-0.15, -0.1) is 0 Å². The van der Waals surface area contributed by atoms with Crippen molar-refractivity contribution in [3.05, 3.63) is 11.8 Å². The van der Waals surface area contributed by atoms with Gasteiger partial charge in [-0.25, -0.2) is 0 Å². The van der Waals surface area contributed by atoms with E-state index in [-0.39, 0.29) is 0 Å². The average molecular weight is 141 g/mol. The van der Waals surface area contributed by atoms with Gasteiger partial charge in [-0.2, -0.15) is 5.10 Å². The molecule has 0 atom stereocenters. The number of ether oxygens (including phenoxy) is 1. The van der Waals surface area contributed by atoms with Crippen LogP contribution in [0.2, 0.25) is 0 Å². The van der Waals surface area contributed by atoms with Gasteiger partial charge in [0.05, 0.1) is 12.3 Å². The minimum absolute atomic E-state index is 0.578. The van der Waals surface area contributed by atoms with E-state index in [1.807, 2.05) is 13.1 Å². The molecule has 1 rings (SSSR count). The largest absolute Gasteiger partial charge is 0.378 e. The van der Waals surface area contributed by atoms with Gasteiger partial charge in [0, 0.05) is 20.2 Å². The third-order valence-corrected chi connectivity index (χ3v) is 1.19. The number of aromatic nitrogens is 2.